The summed E-state index contributed by atoms with van der Waals surface area (Å²) in [7, 11) is 1.81. The highest BCUT2D eigenvalue weighted by molar-refractivity contribution is 6.09. The summed E-state index contributed by atoms with van der Waals surface area (Å²) >= 11 is 0. The molecule has 0 aliphatic rings. The van der Waals surface area contributed by atoms with E-state index >= 15 is 0 Å². The van der Waals surface area contributed by atoms with Gasteiger partial charge >= 0.3 is 6.36 Å². The largest absolute Gasteiger partial charge is 0.573 e. The Kier molecular flexibility index (Phi) is 4.89. The molecule has 0 radical (unpaired) electrons. The van der Waals surface area contributed by atoms with E-state index < -0.39 is 6.36 Å². The van der Waals surface area contributed by atoms with Crippen molar-refractivity contribution in [3.8, 4) is 5.75 Å². The molecule has 3 rings (SSSR count). The molecular formula is C19H17F3N4O. The average Bonchev–Trinajstić information content (AvgIpc) is 2.90. The highest BCUT2D eigenvalue weighted by atomic mass is 19.4. The molecule has 0 aliphatic heterocycles. The molecule has 0 atom stereocenters. The number of rotatable bonds is 4. The maximum absolute atomic E-state index is 12.2. The summed E-state index contributed by atoms with van der Waals surface area (Å²) < 4.78 is 42.2. The zero-order chi connectivity index (χ0) is 19.6. The lowest BCUT2D eigenvalue weighted by Crippen LogP contribution is -2.17. The van der Waals surface area contributed by atoms with Crippen LogP contribution < -0.4 is 10.1 Å². The van der Waals surface area contributed by atoms with Gasteiger partial charge < -0.3 is 10.1 Å². The minimum atomic E-state index is -4.74. The third-order valence-electron chi connectivity index (χ3n) is 3.85. The molecular weight excluding hydrogens is 357 g/mol. The topological polar surface area (TPSA) is 62.9 Å². The van der Waals surface area contributed by atoms with Crippen LogP contribution in [0.1, 0.15) is 18.1 Å². The second kappa shape index (κ2) is 7.14. The van der Waals surface area contributed by atoms with Crippen molar-refractivity contribution in [3.63, 3.8) is 0 Å². The second-order valence-electron chi connectivity index (χ2n) is 5.82. The molecule has 27 heavy (non-hydrogen) atoms. The number of nitrogens with zero attached hydrogens (tertiary/aromatic N) is 2. The van der Waals surface area contributed by atoms with Crippen LogP contribution >= 0.6 is 0 Å². The maximum atomic E-state index is 12.2. The molecule has 1 heterocycles. The van der Waals surface area contributed by atoms with Crippen LogP contribution in [-0.2, 0) is 7.05 Å². The molecule has 0 aliphatic carbocycles. The minimum absolute atomic E-state index is 0.0195. The number of allylic oxidation sites excluding steroid dienone is 1. The van der Waals surface area contributed by atoms with Gasteiger partial charge in [0.05, 0.1) is 5.52 Å². The van der Waals surface area contributed by atoms with Crippen molar-refractivity contribution in [2.45, 2.75) is 13.3 Å². The lowest BCUT2D eigenvalue weighted by molar-refractivity contribution is -0.274. The predicted molar refractivity (Wildman–Crippen MR) is 99.0 cm³/mol. The first-order valence-corrected chi connectivity index (χ1v) is 8.08. The fourth-order valence-electron chi connectivity index (χ4n) is 2.68. The van der Waals surface area contributed by atoms with Crippen molar-refractivity contribution in [3.05, 3.63) is 59.7 Å². The van der Waals surface area contributed by atoms with Gasteiger partial charge in [0, 0.05) is 18.0 Å². The number of anilines is 1. The Hall–Kier alpha value is -3.29. The number of hydrogen-bond donors (Lipinski definition) is 2. The number of benzene rings is 2. The van der Waals surface area contributed by atoms with E-state index in [4.69, 9.17) is 5.41 Å². The smallest absolute Gasteiger partial charge is 0.406 e. The van der Waals surface area contributed by atoms with E-state index in [2.05, 4.69) is 15.2 Å². The van der Waals surface area contributed by atoms with Gasteiger partial charge in [-0.15, -0.1) is 13.2 Å². The van der Waals surface area contributed by atoms with Gasteiger partial charge in [-0.3, -0.25) is 10.1 Å². The number of nitrogens with one attached hydrogen (secondary N) is 2. The van der Waals surface area contributed by atoms with E-state index in [0.29, 0.717) is 11.4 Å². The summed E-state index contributed by atoms with van der Waals surface area (Å²) in [5, 5.41) is 16.3. The molecule has 0 saturated heterocycles. The lowest BCUT2D eigenvalue weighted by Gasteiger charge is -2.10. The Morgan fingerprint density at radius 1 is 1.19 bits per heavy atom. The minimum Gasteiger partial charge on any atom is -0.406 e. The first-order valence-electron chi connectivity index (χ1n) is 8.08. The number of fused-ring (bicyclic) bond motifs is 1. The van der Waals surface area contributed by atoms with Gasteiger partial charge in [-0.2, -0.15) is 5.10 Å². The molecule has 2 aromatic carbocycles. The molecule has 1 aromatic heterocycles. The Morgan fingerprint density at radius 2 is 1.89 bits per heavy atom. The normalized spacial score (nSPS) is 11.9. The molecule has 0 unspecified atom stereocenters. The monoisotopic (exact) mass is 374 g/mol. The SMILES string of the molecule is C/C=C/c1ccc2c(NC(=N)c3ccc(OC(F)(F)F)cc3)nn(C)c2c1. The van der Waals surface area contributed by atoms with Crippen molar-refractivity contribution in [2.24, 2.45) is 7.05 Å². The summed E-state index contributed by atoms with van der Waals surface area (Å²) in [4.78, 5) is 0. The Labute approximate surface area is 153 Å². The Bertz CT molecular complexity index is 1000. The fourth-order valence-corrected chi connectivity index (χ4v) is 2.68. The number of halogens is 3. The lowest BCUT2D eigenvalue weighted by atomic mass is 10.1. The van der Waals surface area contributed by atoms with Gasteiger partial charge in [-0.25, -0.2) is 0 Å². The molecule has 8 heteroatoms. The van der Waals surface area contributed by atoms with Crippen molar-refractivity contribution >= 4 is 28.6 Å². The molecule has 0 fully saturated rings. The van der Waals surface area contributed by atoms with Gasteiger partial charge in [0.2, 0.25) is 0 Å². The van der Waals surface area contributed by atoms with Gasteiger partial charge in [0.15, 0.2) is 5.82 Å². The van der Waals surface area contributed by atoms with E-state index in [1.54, 1.807) is 11.7 Å². The van der Waals surface area contributed by atoms with Crippen LogP contribution in [0.25, 0.3) is 17.0 Å². The zero-order valence-electron chi connectivity index (χ0n) is 14.6. The first-order chi connectivity index (χ1) is 12.8. The van der Waals surface area contributed by atoms with Crippen LogP contribution in [0.2, 0.25) is 0 Å². The number of hydrogen-bond acceptors (Lipinski definition) is 3. The number of ether oxygens (including phenoxy) is 1. The van der Waals surface area contributed by atoms with Crippen LogP contribution in [0.5, 0.6) is 5.75 Å². The molecule has 0 bridgehead atoms. The highest BCUT2D eigenvalue weighted by Crippen LogP contribution is 2.26. The summed E-state index contributed by atoms with van der Waals surface area (Å²) in [5.74, 6) is 0.185. The number of amidine groups is 1. The molecule has 0 amide bonds. The van der Waals surface area contributed by atoms with Crippen molar-refractivity contribution in [1.82, 2.24) is 9.78 Å². The fraction of sp³-hybridized carbons (Fsp3) is 0.158. The van der Waals surface area contributed by atoms with Crippen LogP contribution in [0.15, 0.2) is 48.5 Å². The van der Waals surface area contributed by atoms with Gasteiger partial charge in [-0.1, -0.05) is 18.2 Å². The van der Waals surface area contributed by atoms with Gasteiger partial charge in [-0.05, 0) is 48.9 Å². The Balaban J connectivity index is 1.81. The van der Waals surface area contributed by atoms with E-state index in [0.717, 1.165) is 16.5 Å². The van der Waals surface area contributed by atoms with Crippen LogP contribution in [0, 0.1) is 5.41 Å². The van der Waals surface area contributed by atoms with E-state index in [9.17, 15) is 13.2 Å². The summed E-state index contributed by atoms with van der Waals surface area (Å²) in [6.45, 7) is 1.94. The highest BCUT2D eigenvalue weighted by Gasteiger charge is 2.31. The van der Waals surface area contributed by atoms with E-state index in [-0.39, 0.29) is 11.6 Å². The van der Waals surface area contributed by atoms with Crippen molar-refractivity contribution in [2.75, 3.05) is 5.32 Å². The summed E-state index contributed by atoms with van der Waals surface area (Å²) in [6, 6.07) is 10.9. The second-order valence-corrected chi connectivity index (χ2v) is 5.82. The Morgan fingerprint density at radius 3 is 2.52 bits per heavy atom. The van der Waals surface area contributed by atoms with Gasteiger partial charge in [0.25, 0.3) is 0 Å². The molecule has 140 valence electrons. The van der Waals surface area contributed by atoms with E-state index in [1.807, 2.05) is 37.3 Å². The van der Waals surface area contributed by atoms with Crippen LogP contribution in [-0.4, -0.2) is 22.0 Å². The standard InChI is InChI=1S/C19H17F3N4O/c1-3-4-12-5-10-15-16(11-12)26(2)25-18(15)24-17(23)13-6-8-14(9-7-13)27-19(20,21)22/h3-11H,1-2H3,(H2,23,24,25)/b4-3+. The third-order valence-corrected chi connectivity index (χ3v) is 3.85. The maximum Gasteiger partial charge on any atom is 0.573 e. The van der Waals surface area contributed by atoms with Crippen LogP contribution in [0.3, 0.4) is 0 Å². The summed E-state index contributed by atoms with van der Waals surface area (Å²) in [5.41, 5.74) is 2.35. The zero-order valence-corrected chi connectivity index (χ0v) is 14.6. The first kappa shape index (κ1) is 18.5. The molecule has 2 N–H and O–H groups in total. The summed E-state index contributed by atoms with van der Waals surface area (Å²) in [6.07, 6.45) is -0.823. The molecule has 0 spiro atoms. The third kappa shape index (κ3) is 4.28. The average molecular weight is 374 g/mol. The number of aryl methyl sites for hydroxylation is 1. The van der Waals surface area contributed by atoms with Crippen LogP contribution in [0.4, 0.5) is 19.0 Å². The molecule has 3 aromatic rings. The van der Waals surface area contributed by atoms with Gasteiger partial charge in [0.1, 0.15) is 11.6 Å². The van der Waals surface area contributed by atoms with Crippen molar-refractivity contribution in [1.29, 1.82) is 5.41 Å². The molecule has 5 nitrogen and oxygen atoms in total. The van der Waals surface area contributed by atoms with E-state index in [1.165, 1.54) is 24.3 Å². The number of alkyl halides is 3. The number of aromatic nitrogens is 2. The quantitative estimate of drug-likeness (QED) is 0.502. The predicted octanol–water partition coefficient (Wildman–Crippen LogP) is 4.94. The molecule has 0 saturated carbocycles. The van der Waals surface area contributed by atoms with Crippen molar-refractivity contribution < 1.29 is 17.9 Å².